The van der Waals surface area contributed by atoms with E-state index >= 15 is 0 Å². The van der Waals surface area contributed by atoms with Gasteiger partial charge in [0.25, 0.3) is 0 Å². The lowest BCUT2D eigenvalue weighted by Crippen LogP contribution is -2.44. The van der Waals surface area contributed by atoms with Gasteiger partial charge in [-0.1, -0.05) is 15.9 Å². The standard InChI is InChI=1S/C12H16BrN3O3.2ClH/c1-8(15-4-2-14-3-5-15)10-6-9(13)7-11(12(10)17)16(18)19;;/h6-8,14,17H,2-5H2,1H3;2*1H/t8-;;/m0../s1. The molecule has 120 valence electrons. The first-order chi connectivity index (χ1) is 9.00. The summed E-state index contributed by atoms with van der Waals surface area (Å²) in [5.41, 5.74) is 0.328. The van der Waals surface area contributed by atoms with Crippen LogP contribution in [0.4, 0.5) is 5.69 Å². The molecule has 0 amide bonds. The molecule has 0 radical (unpaired) electrons. The van der Waals surface area contributed by atoms with Crippen molar-refractivity contribution in [2.45, 2.75) is 13.0 Å². The van der Waals surface area contributed by atoms with E-state index in [1.807, 2.05) is 6.92 Å². The number of hydrogen-bond donors (Lipinski definition) is 2. The number of rotatable bonds is 3. The Balaban J connectivity index is 0.00000200. The molecule has 0 unspecified atom stereocenters. The minimum atomic E-state index is -0.561. The molecule has 0 saturated carbocycles. The van der Waals surface area contributed by atoms with Gasteiger partial charge < -0.3 is 10.4 Å². The second-order valence-corrected chi connectivity index (χ2v) is 5.50. The quantitative estimate of drug-likeness (QED) is 0.600. The van der Waals surface area contributed by atoms with Crippen LogP contribution in [0.3, 0.4) is 0 Å². The molecule has 6 nitrogen and oxygen atoms in total. The van der Waals surface area contributed by atoms with Gasteiger partial charge in [-0.05, 0) is 13.0 Å². The van der Waals surface area contributed by atoms with Crippen molar-refractivity contribution in [1.82, 2.24) is 10.2 Å². The number of hydrogen-bond acceptors (Lipinski definition) is 5. The molecule has 1 heterocycles. The van der Waals surface area contributed by atoms with Crippen molar-refractivity contribution in [2.75, 3.05) is 26.2 Å². The summed E-state index contributed by atoms with van der Waals surface area (Å²) < 4.78 is 0.606. The van der Waals surface area contributed by atoms with Crippen LogP contribution in [-0.2, 0) is 0 Å². The highest BCUT2D eigenvalue weighted by molar-refractivity contribution is 9.10. The first kappa shape index (κ1) is 20.4. The first-order valence-corrected chi connectivity index (χ1v) is 6.91. The number of aromatic hydroxyl groups is 1. The van der Waals surface area contributed by atoms with Gasteiger partial charge in [0.1, 0.15) is 0 Å². The normalized spacial score (nSPS) is 16.5. The zero-order chi connectivity index (χ0) is 14.0. The number of nitrogens with one attached hydrogen (secondary N) is 1. The molecule has 1 aromatic rings. The number of phenols is 1. The molecule has 0 bridgehead atoms. The zero-order valence-corrected chi connectivity index (χ0v) is 14.6. The highest BCUT2D eigenvalue weighted by Gasteiger charge is 2.25. The summed E-state index contributed by atoms with van der Waals surface area (Å²) in [7, 11) is 0. The van der Waals surface area contributed by atoms with E-state index in [2.05, 4.69) is 26.1 Å². The molecular weight excluding hydrogens is 385 g/mol. The van der Waals surface area contributed by atoms with Crippen LogP contribution >= 0.6 is 40.7 Å². The van der Waals surface area contributed by atoms with Crippen molar-refractivity contribution >= 4 is 46.4 Å². The molecule has 2 N–H and O–H groups in total. The molecule has 0 aliphatic carbocycles. The molecular formula is C12H18BrCl2N3O3. The molecule has 21 heavy (non-hydrogen) atoms. The highest BCUT2D eigenvalue weighted by atomic mass is 79.9. The van der Waals surface area contributed by atoms with Crippen molar-refractivity contribution in [1.29, 1.82) is 0 Å². The predicted octanol–water partition coefficient (Wildman–Crippen LogP) is 2.87. The van der Waals surface area contributed by atoms with E-state index in [9.17, 15) is 15.2 Å². The largest absolute Gasteiger partial charge is 0.502 e. The molecule has 1 saturated heterocycles. The fourth-order valence-corrected chi connectivity index (χ4v) is 2.79. The van der Waals surface area contributed by atoms with Gasteiger partial charge in [0.2, 0.25) is 0 Å². The van der Waals surface area contributed by atoms with Gasteiger partial charge in [-0.25, -0.2) is 0 Å². The second-order valence-electron chi connectivity index (χ2n) is 4.58. The number of halogens is 3. The van der Waals surface area contributed by atoms with Crippen molar-refractivity contribution in [3.63, 3.8) is 0 Å². The monoisotopic (exact) mass is 401 g/mol. The summed E-state index contributed by atoms with van der Waals surface area (Å²) >= 11 is 3.26. The van der Waals surface area contributed by atoms with E-state index in [1.165, 1.54) is 6.07 Å². The Hall–Kier alpha value is -0.600. The summed E-state index contributed by atoms with van der Waals surface area (Å²) in [6.45, 7) is 5.46. The maximum atomic E-state index is 10.9. The van der Waals surface area contributed by atoms with Crippen molar-refractivity contribution in [2.24, 2.45) is 0 Å². The minimum Gasteiger partial charge on any atom is -0.502 e. The summed E-state index contributed by atoms with van der Waals surface area (Å²) in [6, 6.07) is 3.01. The minimum absolute atomic E-state index is 0. The van der Waals surface area contributed by atoms with Gasteiger partial charge in [0.15, 0.2) is 5.75 Å². The van der Waals surface area contributed by atoms with E-state index in [4.69, 9.17) is 0 Å². The molecule has 1 aliphatic rings. The number of phenolic OH excluding ortho intramolecular Hbond substituents is 1. The van der Waals surface area contributed by atoms with E-state index in [0.717, 1.165) is 26.2 Å². The van der Waals surface area contributed by atoms with Gasteiger partial charge in [-0.3, -0.25) is 15.0 Å². The van der Waals surface area contributed by atoms with E-state index in [-0.39, 0.29) is 42.3 Å². The van der Waals surface area contributed by atoms with Crippen LogP contribution in [0.5, 0.6) is 5.75 Å². The topological polar surface area (TPSA) is 78.6 Å². The van der Waals surface area contributed by atoms with Crippen LogP contribution in [0.2, 0.25) is 0 Å². The van der Waals surface area contributed by atoms with E-state index < -0.39 is 4.92 Å². The number of nitro groups is 1. The Morgan fingerprint density at radius 3 is 2.48 bits per heavy atom. The van der Waals surface area contributed by atoms with Gasteiger partial charge in [-0.15, -0.1) is 24.8 Å². The Kier molecular flexibility index (Phi) is 8.50. The lowest BCUT2D eigenvalue weighted by Gasteiger charge is -2.33. The predicted molar refractivity (Wildman–Crippen MR) is 89.8 cm³/mol. The Morgan fingerprint density at radius 1 is 1.38 bits per heavy atom. The SMILES string of the molecule is C[C@@H](c1cc(Br)cc([N+](=O)[O-])c1O)N1CCNCC1.Cl.Cl. The Bertz CT molecular complexity index is 499. The lowest BCUT2D eigenvalue weighted by atomic mass is 10.0. The Morgan fingerprint density at radius 2 is 1.95 bits per heavy atom. The third-order valence-electron chi connectivity index (χ3n) is 3.43. The van der Waals surface area contributed by atoms with Gasteiger partial charge >= 0.3 is 5.69 Å². The Labute approximate surface area is 144 Å². The van der Waals surface area contributed by atoms with Gasteiger partial charge in [-0.2, -0.15) is 0 Å². The maximum absolute atomic E-state index is 10.9. The molecule has 2 rings (SSSR count). The summed E-state index contributed by atoms with van der Waals surface area (Å²) in [5.74, 6) is -0.237. The third kappa shape index (κ3) is 4.69. The molecule has 1 aliphatic heterocycles. The molecule has 9 heteroatoms. The average Bonchev–Trinajstić information content (AvgIpc) is 2.41. The molecule has 1 aromatic carbocycles. The molecule has 0 spiro atoms. The summed E-state index contributed by atoms with van der Waals surface area (Å²) in [4.78, 5) is 12.6. The van der Waals surface area contributed by atoms with Crippen molar-refractivity contribution < 1.29 is 10.0 Å². The average molecular weight is 403 g/mol. The smallest absolute Gasteiger partial charge is 0.312 e. The van der Waals surface area contributed by atoms with Crippen LogP contribution in [0.25, 0.3) is 0 Å². The maximum Gasteiger partial charge on any atom is 0.312 e. The van der Waals surface area contributed by atoms with Gasteiger partial charge in [0.05, 0.1) is 4.92 Å². The van der Waals surface area contributed by atoms with Gasteiger partial charge in [0, 0.05) is 48.3 Å². The number of nitro benzene ring substituents is 1. The molecule has 0 aromatic heterocycles. The fraction of sp³-hybridized carbons (Fsp3) is 0.500. The highest BCUT2D eigenvalue weighted by Crippen LogP contribution is 2.38. The van der Waals surface area contributed by atoms with E-state index in [1.54, 1.807) is 6.07 Å². The lowest BCUT2D eigenvalue weighted by molar-refractivity contribution is -0.386. The fourth-order valence-electron chi connectivity index (χ4n) is 2.33. The number of piperazine rings is 1. The zero-order valence-electron chi connectivity index (χ0n) is 11.4. The number of nitrogens with zero attached hydrogens (tertiary/aromatic N) is 2. The van der Waals surface area contributed by atoms with Crippen LogP contribution in [-0.4, -0.2) is 41.1 Å². The molecule has 1 fully saturated rings. The van der Waals surface area contributed by atoms with E-state index in [0.29, 0.717) is 10.0 Å². The van der Waals surface area contributed by atoms with Crippen LogP contribution in [0.15, 0.2) is 16.6 Å². The van der Waals surface area contributed by atoms with Crippen LogP contribution in [0, 0.1) is 10.1 Å². The van der Waals surface area contributed by atoms with Crippen LogP contribution in [0.1, 0.15) is 18.5 Å². The molecule has 1 atom stereocenters. The first-order valence-electron chi connectivity index (χ1n) is 6.12. The third-order valence-corrected chi connectivity index (χ3v) is 3.89. The second kappa shape index (κ2) is 8.75. The summed E-state index contributed by atoms with van der Waals surface area (Å²) in [5, 5.41) is 24.3. The van der Waals surface area contributed by atoms with Crippen molar-refractivity contribution in [3.8, 4) is 5.75 Å². The van der Waals surface area contributed by atoms with Crippen molar-refractivity contribution in [3.05, 3.63) is 32.3 Å². The summed E-state index contributed by atoms with van der Waals surface area (Å²) in [6.07, 6.45) is 0. The van der Waals surface area contributed by atoms with Crippen LogP contribution < -0.4 is 5.32 Å². The number of benzene rings is 1.